The Labute approximate surface area is 179 Å². The van der Waals surface area contributed by atoms with Crippen LogP contribution in [0.15, 0.2) is 58.1 Å². The highest BCUT2D eigenvalue weighted by Gasteiger charge is 2.34. The molecule has 2 fully saturated rings. The molecule has 0 bridgehead atoms. The van der Waals surface area contributed by atoms with E-state index >= 15 is 0 Å². The lowest BCUT2D eigenvalue weighted by Gasteiger charge is -2.38. The van der Waals surface area contributed by atoms with Gasteiger partial charge in [0.1, 0.15) is 5.76 Å². The van der Waals surface area contributed by atoms with Crippen LogP contribution in [-0.2, 0) is 10.2 Å². The van der Waals surface area contributed by atoms with E-state index < -0.39 is 0 Å². The zero-order valence-corrected chi connectivity index (χ0v) is 18.0. The molecule has 30 heavy (non-hydrogen) atoms. The fraction of sp³-hybridized carbons (Fsp3) is 0.542. The third-order valence-electron chi connectivity index (χ3n) is 6.57. The molecule has 0 saturated carbocycles. The molecule has 4 rings (SSSR count). The molecular weight excluding hydrogens is 376 g/mol. The Balaban J connectivity index is 1.40. The zero-order chi connectivity index (χ0) is 20.7. The molecule has 2 N–H and O–H groups in total. The van der Waals surface area contributed by atoms with E-state index in [4.69, 9.17) is 9.15 Å². The van der Waals surface area contributed by atoms with Crippen LogP contribution in [0.1, 0.15) is 43.0 Å². The number of benzene rings is 1. The molecule has 3 heterocycles. The predicted octanol–water partition coefficient (Wildman–Crippen LogP) is 3.33. The Kier molecular flexibility index (Phi) is 7.07. The van der Waals surface area contributed by atoms with Gasteiger partial charge in [-0.05, 0) is 56.5 Å². The van der Waals surface area contributed by atoms with E-state index in [0.29, 0.717) is 0 Å². The Hall–Kier alpha value is -2.31. The standard InChI is InChI=1S/C24H34N4O2/c1-25-23(26-18-21(22-10-7-15-30-22)28-13-5-6-14-28)27-19-24(11-16-29-17-12-24)20-8-3-2-4-9-20/h2-4,7-10,15,21H,5-6,11-14,16-19H2,1H3,(H2,25,26,27). The van der Waals surface area contributed by atoms with Crippen LogP contribution in [0.2, 0.25) is 0 Å². The molecule has 0 amide bonds. The van der Waals surface area contributed by atoms with Crippen LogP contribution in [0.5, 0.6) is 0 Å². The second-order valence-corrected chi connectivity index (χ2v) is 8.34. The summed E-state index contributed by atoms with van der Waals surface area (Å²) < 4.78 is 11.4. The fourth-order valence-electron chi connectivity index (χ4n) is 4.73. The van der Waals surface area contributed by atoms with Gasteiger partial charge in [0, 0.05) is 38.8 Å². The molecule has 2 aromatic rings. The van der Waals surface area contributed by atoms with Crippen LogP contribution in [0.3, 0.4) is 0 Å². The second-order valence-electron chi connectivity index (χ2n) is 8.34. The molecule has 6 nitrogen and oxygen atoms in total. The maximum Gasteiger partial charge on any atom is 0.191 e. The molecule has 2 aliphatic rings. The Morgan fingerprint density at radius 1 is 1.07 bits per heavy atom. The summed E-state index contributed by atoms with van der Waals surface area (Å²) in [5.74, 6) is 1.86. The minimum atomic E-state index is 0.0759. The van der Waals surface area contributed by atoms with E-state index in [1.165, 1.54) is 18.4 Å². The first-order valence-electron chi connectivity index (χ1n) is 11.2. The quantitative estimate of drug-likeness (QED) is 0.542. The van der Waals surface area contributed by atoms with Gasteiger partial charge in [0.25, 0.3) is 0 Å². The summed E-state index contributed by atoms with van der Waals surface area (Å²) in [4.78, 5) is 6.99. The van der Waals surface area contributed by atoms with Gasteiger partial charge in [-0.3, -0.25) is 9.89 Å². The van der Waals surface area contributed by atoms with Gasteiger partial charge < -0.3 is 19.8 Å². The topological polar surface area (TPSA) is 62.0 Å². The molecule has 1 aromatic heterocycles. The number of aliphatic imine (C=N–C) groups is 1. The molecule has 2 saturated heterocycles. The monoisotopic (exact) mass is 410 g/mol. The van der Waals surface area contributed by atoms with Crippen molar-refractivity contribution < 1.29 is 9.15 Å². The lowest BCUT2D eigenvalue weighted by molar-refractivity contribution is 0.0513. The van der Waals surface area contributed by atoms with E-state index in [2.05, 4.69) is 56.9 Å². The van der Waals surface area contributed by atoms with Crippen molar-refractivity contribution in [2.75, 3.05) is 46.4 Å². The number of hydrogen-bond acceptors (Lipinski definition) is 4. The van der Waals surface area contributed by atoms with E-state index in [0.717, 1.165) is 64.0 Å². The highest BCUT2D eigenvalue weighted by atomic mass is 16.5. The molecule has 0 aliphatic carbocycles. The average molecular weight is 411 g/mol. The smallest absolute Gasteiger partial charge is 0.191 e. The van der Waals surface area contributed by atoms with Gasteiger partial charge in [-0.2, -0.15) is 0 Å². The minimum Gasteiger partial charge on any atom is -0.468 e. The summed E-state index contributed by atoms with van der Waals surface area (Å²) in [5.41, 5.74) is 1.45. The molecule has 1 atom stereocenters. The third-order valence-corrected chi connectivity index (χ3v) is 6.57. The van der Waals surface area contributed by atoms with Crippen molar-refractivity contribution in [1.82, 2.24) is 15.5 Å². The molecule has 2 aliphatic heterocycles. The SMILES string of the molecule is CN=C(NCC(c1ccco1)N1CCCC1)NCC1(c2ccccc2)CCOCC1. The lowest BCUT2D eigenvalue weighted by atomic mass is 9.74. The van der Waals surface area contributed by atoms with Crippen LogP contribution >= 0.6 is 0 Å². The molecule has 0 radical (unpaired) electrons. The Morgan fingerprint density at radius 2 is 1.83 bits per heavy atom. The highest BCUT2D eigenvalue weighted by Crippen LogP contribution is 2.34. The molecule has 1 aromatic carbocycles. The maximum atomic E-state index is 5.75. The number of nitrogens with zero attached hydrogens (tertiary/aromatic N) is 2. The lowest BCUT2D eigenvalue weighted by Crippen LogP contribution is -2.49. The van der Waals surface area contributed by atoms with Gasteiger partial charge >= 0.3 is 0 Å². The number of nitrogens with one attached hydrogen (secondary N) is 2. The summed E-state index contributed by atoms with van der Waals surface area (Å²) in [6.07, 6.45) is 6.31. The highest BCUT2D eigenvalue weighted by molar-refractivity contribution is 5.79. The summed E-state index contributed by atoms with van der Waals surface area (Å²) in [7, 11) is 1.84. The van der Waals surface area contributed by atoms with Gasteiger partial charge in [-0.15, -0.1) is 0 Å². The van der Waals surface area contributed by atoms with Crippen LogP contribution in [0.25, 0.3) is 0 Å². The second kappa shape index (κ2) is 10.1. The molecule has 0 spiro atoms. The summed E-state index contributed by atoms with van der Waals surface area (Å²) in [6, 6.07) is 15.1. The molecular formula is C24H34N4O2. The Morgan fingerprint density at radius 3 is 2.50 bits per heavy atom. The number of guanidine groups is 1. The number of likely N-dealkylation sites (tertiary alicyclic amines) is 1. The van der Waals surface area contributed by atoms with Crippen LogP contribution in [0, 0.1) is 0 Å². The predicted molar refractivity (Wildman–Crippen MR) is 120 cm³/mol. The normalized spacial score (nSPS) is 20.8. The fourth-order valence-corrected chi connectivity index (χ4v) is 4.73. The average Bonchev–Trinajstić information content (AvgIpc) is 3.52. The summed E-state index contributed by atoms with van der Waals surface area (Å²) >= 11 is 0. The number of ether oxygens (including phenoxy) is 1. The van der Waals surface area contributed by atoms with Crippen molar-refractivity contribution in [3.63, 3.8) is 0 Å². The maximum absolute atomic E-state index is 5.75. The number of hydrogen-bond donors (Lipinski definition) is 2. The van der Waals surface area contributed by atoms with Gasteiger partial charge in [-0.1, -0.05) is 30.3 Å². The third kappa shape index (κ3) is 4.87. The zero-order valence-electron chi connectivity index (χ0n) is 18.0. The molecule has 6 heteroatoms. The van der Waals surface area contributed by atoms with Crippen molar-refractivity contribution in [2.45, 2.75) is 37.1 Å². The minimum absolute atomic E-state index is 0.0759. The van der Waals surface area contributed by atoms with E-state index in [1.54, 1.807) is 6.26 Å². The van der Waals surface area contributed by atoms with Crippen molar-refractivity contribution in [2.24, 2.45) is 4.99 Å². The van der Waals surface area contributed by atoms with Gasteiger partial charge in [0.05, 0.1) is 12.3 Å². The molecule has 1 unspecified atom stereocenters. The van der Waals surface area contributed by atoms with E-state index in [1.807, 2.05) is 13.1 Å². The van der Waals surface area contributed by atoms with Gasteiger partial charge in [0.2, 0.25) is 0 Å². The summed E-state index contributed by atoms with van der Waals surface area (Å²) in [5, 5.41) is 7.15. The molecule has 162 valence electrons. The first-order chi connectivity index (χ1) is 14.8. The van der Waals surface area contributed by atoms with E-state index in [9.17, 15) is 0 Å². The first-order valence-corrected chi connectivity index (χ1v) is 11.2. The first kappa shape index (κ1) is 20.9. The van der Waals surface area contributed by atoms with Crippen LogP contribution in [-0.4, -0.2) is 57.3 Å². The number of furan rings is 1. The van der Waals surface area contributed by atoms with Crippen molar-refractivity contribution in [1.29, 1.82) is 0 Å². The van der Waals surface area contributed by atoms with Gasteiger partial charge in [-0.25, -0.2) is 0 Å². The van der Waals surface area contributed by atoms with Crippen LogP contribution < -0.4 is 10.6 Å². The van der Waals surface area contributed by atoms with Gasteiger partial charge in [0.15, 0.2) is 5.96 Å². The van der Waals surface area contributed by atoms with Crippen molar-refractivity contribution in [3.05, 3.63) is 60.1 Å². The van der Waals surface area contributed by atoms with Crippen molar-refractivity contribution >= 4 is 5.96 Å². The van der Waals surface area contributed by atoms with Crippen molar-refractivity contribution in [3.8, 4) is 0 Å². The summed E-state index contributed by atoms with van der Waals surface area (Å²) in [6.45, 7) is 5.46. The largest absolute Gasteiger partial charge is 0.468 e. The Bertz CT molecular complexity index is 779. The number of rotatable bonds is 7. The van der Waals surface area contributed by atoms with Crippen LogP contribution in [0.4, 0.5) is 0 Å². The van der Waals surface area contributed by atoms with E-state index in [-0.39, 0.29) is 11.5 Å².